The first-order chi connectivity index (χ1) is 14.4. The maximum Gasteiger partial charge on any atom is 0.256 e. The van der Waals surface area contributed by atoms with Gasteiger partial charge in [-0.05, 0) is 66.3 Å². The minimum absolute atomic E-state index is 0.156. The SMILES string of the molecule is CC(C)(O)C1=CCC(CNC(=O)c2cccnc2Oc2ccc3nonc3c2)C=C1. The van der Waals surface area contributed by atoms with Gasteiger partial charge in [-0.15, -0.1) is 0 Å². The molecule has 30 heavy (non-hydrogen) atoms. The number of amides is 1. The van der Waals surface area contributed by atoms with E-state index in [1.165, 1.54) is 0 Å². The summed E-state index contributed by atoms with van der Waals surface area (Å²) in [6, 6.07) is 8.45. The highest BCUT2D eigenvalue weighted by molar-refractivity contribution is 5.96. The lowest BCUT2D eigenvalue weighted by molar-refractivity contribution is 0.0945. The lowest BCUT2D eigenvalue weighted by Crippen LogP contribution is -2.30. The summed E-state index contributed by atoms with van der Waals surface area (Å²) in [5.74, 6) is 0.566. The average molecular weight is 406 g/mol. The van der Waals surface area contributed by atoms with Crippen molar-refractivity contribution in [3.8, 4) is 11.6 Å². The number of allylic oxidation sites excluding steroid dienone is 1. The van der Waals surface area contributed by atoms with Gasteiger partial charge in [0.1, 0.15) is 22.3 Å². The van der Waals surface area contributed by atoms with Crippen molar-refractivity contribution in [2.45, 2.75) is 25.9 Å². The van der Waals surface area contributed by atoms with Crippen LogP contribution in [0.25, 0.3) is 11.0 Å². The summed E-state index contributed by atoms with van der Waals surface area (Å²) in [6.45, 7) is 3.98. The number of nitrogens with one attached hydrogen (secondary N) is 1. The van der Waals surface area contributed by atoms with E-state index in [1.807, 2.05) is 18.2 Å². The Morgan fingerprint density at radius 3 is 2.90 bits per heavy atom. The molecule has 2 aromatic heterocycles. The molecule has 0 fully saturated rings. The van der Waals surface area contributed by atoms with E-state index in [1.54, 1.807) is 50.4 Å². The van der Waals surface area contributed by atoms with Crippen molar-refractivity contribution in [2.24, 2.45) is 5.92 Å². The summed E-state index contributed by atoms with van der Waals surface area (Å²) in [5, 5.41) is 20.5. The quantitative estimate of drug-likeness (QED) is 0.645. The number of ether oxygens (including phenoxy) is 1. The first-order valence-electron chi connectivity index (χ1n) is 9.65. The van der Waals surface area contributed by atoms with Gasteiger partial charge in [-0.1, -0.05) is 18.2 Å². The molecule has 0 spiro atoms. The molecule has 154 valence electrons. The summed E-state index contributed by atoms with van der Waals surface area (Å²) in [7, 11) is 0. The van der Waals surface area contributed by atoms with Gasteiger partial charge in [-0.2, -0.15) is 0 Å². The minimum Gasteiger partial charge on any atom is -0.438 e. The number of carbonyl (C=O) groups excluding carboxylic acids is 1. The summed E-state index contributed by atoms with van der Waals surface area (Å²) in [4.78, 5) is 16.9. The van der Waals surface area contributed by atoms with Crippen LogP contribution >= 0.6 is 0 Å². The molecule has 0 aliphatic heterocycles. The van der Waals surface area contributed by atoms with E-state index < -0.39 is 5.60 Å². The molecule has 0 bridgehead atoms. The molecule has 3 aromatic rings. The van der Waals surface area contributed by atoms with Crippen LogP contribution in [0, 0.1) is 5.92 Å². The first kappa shape index (κ1) is 19.8. The Hall–Kier alpha value is -3.52. The second-order valence-corrected chi connectivity index (χ2v) is 7.66. The molecule has 1 aromatic carbocycles. The summed E-state index contributed by atoms with van der Waals surface area (Å²) >= 11 is 0. The van der Waals surface area contributed by atoms with Crippen molar-refractivity contribution in [1.29, 1.82) is 0 Å². The smallest absolute Gasteiger partial charge is 0.256 e. The van der Waals surface area contributed by atoms with Gasteiger partial charge in [-0.3, -0.25) is 4.79 Å². The summed E-state index contributed by atoms with van der Waals surface area (Å²) < 4.78 is 10.5. The van der Waals surface area contributed by atoms with Crippen LogP contribution in [0.3, 0.4) is 0 Å². The van der Waals surface area contributed by atoms with Crippen molar-refractivity contribution in [1.82, 2.24) is 20.6 Å². The zero-order chi connectivity index (χ0) is 21.1. The molecule has 1 aliphatic rings. The lowest BCUT2D eigenvalue weighted by Gasteiger charge is -2.24. The molecular formula is C22H22N4O4. The van der Waals surface area contributed by atoms with Crippen LogP contribution in [0.4, 0.5) is 0 Å². The van der Waals surface area contributed by atoms with E-state index in [9.17, 15) is 9.90 Å². The number of hydrogen-bond donors (Lipinski definition) is 2. The topological polar surface area (TPSA) is 110 Å². The number of carbonyl (C=O) groups is 1. The number of aliphatic hydroxyl groups is 1. The van der Waals surface area contributed by atoms with E-state index in [2.05, 4.69) is 25.2 Å². The Bertz CT molecular complexity index is 1130. The Morgan fingerprint density at radius 1 is 1.30 bits per heavy atom. The molecule has 1 amide bonds. The second-order valence-electron chi connectivity index (χ2n) is 7.66. The molecular weight excluding hydrogens is 384 g/mol. The average Bonchev–Trinajstić information content (AvgIpc) is 3.20. The standard InChI is InChI=1S/C22H22N4O4/c1-22(2,28)15-7-5-14(6-8-15)13-24-20(27)17-4-3-11-23-21(17)29-16-9-10-18-19(12-16)26-30-25-18/h3-5,7-12,14,28H,6,13H2,1-2H3,(H,24,27). The number of benzene rings is 1. The third kappa shape index (κ3) is 4.38. The number of fused-ring (bicyclic) bond motifs is 1. The van der Waals surface area contributed by atoms with Gasteiger partial charge < -0.3 is 15.2 Å². The molecule has 2 N–H and O–H groups in total. The molecule has 0 saturated carbocycles. The van der Waals surface area contributed by atoms with Crippen LogP contribution in [0.2, 0.25) is 0 Å². The Morgan fingerprint density at radius 2 is 2.13 bits per heavy atom. The second kappa shape index (κ2) is 8.08. The molecule has 4 rings (SSSR count). The Balaban J connectivity index is 1.41. The highest BCUT2D eigenvalue weighted by Crippen LogP contribution is 2.26. The third-order valence-electron chi connectivity index (χ3n) is 4.88. The van der Waals surface area contributed by atoms with E-state index in [4.69, 9.17) is 4.74 Å². The van der Waals surface area contributed by atoms with Gasteiger partial charge in [0, 0.05) is 18.8 Å². The van der Waals surface area contributed by atoms with E-state index in [-0.39, 0.29) is 17.7 Å². The zero-order valence-electron chi connectivity index (χ0n) is 16.7. The van der Waals surface area contributed by atoms with E-state index in [0.29, 0.717) is 28.9 Å². The fourth-order valence-electron chi connectivity index (χ4n) is 3.17. The summed E-state index contributed by atoms with van der Waals surface area (Å²) in [5.41, 5.74) is 1.52. The van der Waals surface area contributed by atoms with Crippen molar-refractivity contribution < 1.29 is 19.3 Å². The molecule has 0 saturated heterocycles. The van der Waals surface area contributed by atoms with Crippen LogP contribution in [-0.4, -0.2) is 38.5 Å². The normalized spacial score (nSPS) is 16.4. The van der Waals surface area contributed by atoms with Crippen LogP contribution in [0.1, 0.15) is 30.6 Å². The van der Waals surface area contributed by atoms with Crippen molar-refractivity contribution in [2.75, 3.05) is 6.54 Å². The monoisotopic (exact) mass is 406 g/mol. The highest BCUT2D eigenvalue weighted by atomic mass is 16.6. The number of aromatic nitrogens is 3. The van der Waals surface area contributed by atoms with Crippen LogP contribution in [0.15, 0.2) is 65.0 Å². The molecule has 2 heterocycles. The largest absolute Gasteiger partial charge is 0.438 e. The fourth-order valence-corrected chi connectivity index (χ4v) is 3.17. The number of hydrogen-bond acceptors (Lipinski definition) is 7. The number of rotatable bonds is 6. The van der Waals surface area contributed by atoms with Gasteiger partial charge in [0.15, 0.2) is 0 Å². The Labute approximate surface area is 173 Å². The molecule has 0 radical (unpaired) electrons. The van der Waals surface area contributed by atoms with Crippen LogP contribution in [0.5, 0.6) is 11.6 Å². The van der Waals surface area contributed by atoms with Crippen molar-refractivity contribution >= 4 is 16.9 Å². The van der Waals surface area contributed by atoms with Crippen LogP contribution < -0.4 is 10.1 Å². The number of pyridine rings is 1. The van der Waals surface area contributed by atoms with Gasteiger partial charge in [0.25, 0.3) is 5.91 Å². The maximum atomic E-state index is 12.7. The molecule has 8 heteroatoms. The predicted octanol–water partition coefficient (Wildman–Crippen LogP) is 3.41. The zero-order valence-corrected chi connectivity index (χ0v) is 16.7. The van der Waals surface area contributed by atoms with E-state index in [0.717, 1.165) is 12.0 Å². The molecule has 1 unspecified atom stereocenters. The van der Waals surface area contributed by atoms with Gasteiger partial charge >= 0.3 is 0 Å². The first-order valence-corrected chi connectivity index (χ1v) is 9.65. The fraction of sp³-hybridized carbons (Fsp3) is 0.273. The van der Waals surface area contributed by atoms with Gasteiger partial charge in [0.2, 0.25) is 5.88 Å². The van der Waals surface area contributed by atoms with Crippen LogP contribution in [-0.2, 0) is 0 Å². The third-order valence-corrected chi connectivity index (χ3v) is 4.88. The van der Waals surface area contributed by atoms with Gasteiger partial charge in [-0.25, -0.2) is 9.61 Å². The van der Waals surface area contributed by atoms with Crippen molar-refractivity contribution in [3.05, 3.63) is 65.9 Å². The highest BCUT2D eigenvalue weighted by Gasteiger charge is 2.21. The minimum atomic E-state index is -0.863. The number of nitrogens with zero attached hydrogens (tertiary/aromatic N) is 3. The van der Waals surface area contributed by atoms with Gasteiger partial charge in [0.05, 0.1) is 5.60 Å². The molecule has 1 aliphatic carbocycles. The van der Waals surface area contributed by atoms with Crippen molar-refractivity contribution in [3.63, 3.8) is 0 Å². The molecule has 8 nitrogen and oxygen atoms in total. The predicted molar refractivity (Wildman–Crippen MR) is 110 cm³/mol. The Kier molecular flexibility index (Phi) is 5.33. The maximum absolute atomic E-state index is 12.7. The molecule has 1 atom stereocenters. The summed E-state index contributed by atoms with van der Waals surface area (Å²) in [6.07, 6.45) is 8.24. The lowest BCUT2D eigenvalue weighted by atomic mass is 9.89. The van der Waals surface area contributed by atoms with E-state index >= 15 is 0 Å².